The zero-order chi connectivity index (χ0) is 23.3. The van der Waals surface area contributed by atoms with Gasteiger partial charge in [-0.2, -0.15) is 0 Å². The molecule has 8 heteroatoms. The Labute approximate surface area is 189 Å². The first-order valence-corrected chi connectivity index (χ1v) is 10.6. The third kappa shape index (κ3) is 3.26. The molecule has 1 aliphatic heterocycles. The van der Waals surface area contributed by atoms with Crippen molar-refractivity contribution in [2.45, 2.75) is 26.8 Å². The maximum absolute atomic E-state index is 13.7. The molecule has 0 N–H and O–H groups in total. The van der Waals surface area contributed by atoms with Crippen molar-refractivity contribution in [1.29, 1.82) is 0 Å². The van der Waals surface area contributed by atoms with Gasteiger partial charge in [0.1, 0.15) is 11.3 Å². The van der Waals surface area contributed by atoms with Gasteiger partial charge in [-0.25, -0.2) is 0 Å². The molecule has 0 spiro atoms. The number of hydrogen-bond acceptors (Lipinski definition) is 7. The largest absolute Gasteiger partial charge is 0.493 e. The molecule has 0 aliphatic carbocycles. The molecule has 33 heavy (non-hydrogen) atoms. The van der Waals surface area contributed by atoms with Gasteiger partial charge in [-0.05, 0) is 50.6 Å². The second-order valence-corrected chi connectivity index (χ2v) is 7.89. The van der Waals surface area contributed by atoms with Crippen LogP contribution in [-0.4, -0.2) is 24.8 Å². The zero-order valence-electron chi connectivity index (χ0n) is 18.7. The molecule has 0 saturated heterocycles. The molecule has 1 atom stereocenters. The summed E-state index contributed by atoms with van der Waals surface area (Å²) >= 11 is 0. The highest BCUT2D eigenvalue weighted by Crippen LogP contribution is 2.43. The molecule has 3 heterocycles. The summed E-state index contributed by atoms with van der Waals surface area (Å²) in [4.78, 5) is 28.6. The normalized spacial score (nSPS) is 15.2. The van der Waals surface area contributed by atoms with E-state index in [0.717, 1.165) is 5.56 Å². The Morgan fingerprint density at radius 2 is 1.88 bits per heavy atom. The standard InChI is InChI=1S/C25H22N2O6/c1-5-31-18-9-7-15(12-19(18)30-4)22-21-23(28)16-10-13(2)6-8-17(16)32-24(21)25(29)27(22)20-11-14(3)33-26-20/h6-12,22H,5H2,1-4H3. The van der Waals surface area contributed by atoms with Crippen molar-refractivity contribution in [1.82, 2.24) is 5.16 Å². The number of aromatic nitrogens is 1. The molecule has 5 rings (SSSR count). The number of aryl methyl sites for hydroxylation is 2. The van der Waals surface area contributed by atoms with E-state index in [4.69, 9.17) is 18.4 Å². The van der Waals surface area contributed by atoms with Gasteiger partial charge < -0.3 is 18.4 Å². The quantitative estimate of drug-likeness (QED) is 0.444. The fraction of sp³-hybridized carbons (Fsp3) is 0.240. The maximum Gasteiger partial charge on any atom is 0.296 e. The lowest BCUT2D eigenvalue weighted by Crippen LogP contribution is -2.29. The van der Waals surface area contributed by atoms with Gasteiger partial charge >= 0.3 is 0 Å². The van der Waals surface area contributed by atoms with Crippen LogP contribution in [0, 0.1) is 13.8 Å². The highest BCUT2D eigenvalue weighted by molar-refractivity contribution is 6.10. The molecule has 2 aromatic carbocycles. The van der Waals surface area contributed by atoms with Crippen molar-refractivity contribution in [3.63, 3.8) is 0 Å². The highest BCUT2D eigenvalue weighted by Gasteiger charge is 2.45. The number of fused-ring (bicyclic) bond motifs is 2. The van der Waals surface area contributed by atoms with Gasteiger partial charge in [0.2, 0.25) is 5.76 Å². The summed E-state index contributed by atoms with van der Waals surface area (Å²) in [7, 11) is 1.54. The molecular weight excluding hydrogens is 424 g/mol. The SMILES string of the molecule is CCOc1ccc(C2c3c(oc4ccc(C)cc4c3=O)C(=O)N2c2cc(C)on2)cc1OC. The molecule has 8 nitrogen and oxygen atoms in total. The van der Waals surface area contributed by atoms with E-state index in [-0.39, 0.29) is 16.8 Å². The predicted molar refractivity (Wildman–Crippen MR) is 121 cm³/mol. The van der Waals surface area contributed by atoms with Crippen molar-refractivity contribution in [3.8, 4) is 11.5 Å². The Morgan fingerprint density at radius 1 is 1.06 bits per heavy atom. The molecule has 0 fully saturated rings. The van der Waals surface area contributed by atoms with Gasteiger partial charge in [0.05, 0.1) is 30.7 Å². The van der Waals surface area contributed by atoms with E-state index in [1.165, 1.54) is 4.90 Å². The second-order valence-electron chi connectivity index (χ2n) is 7.89. The van der Waals surface area contributed by atoms with Crippen LogP contribution in [0.2, 0.25) is 0 Å². The van der Waals surface area contributed by atoms with Crippen LogP contribution < -0.4 is 19.8 Å². The zero-order valence-corrected chi connectivity index (χ0v) is 18.7. The van der Waals surface area contributed by atoms with Crippen molar-refractivity contribution in [3.05, 3.63) is 80.9 Å². The fourth-order valence-corrected chi connectivity index (χ4v) is 4.23. The van der Waals surface area contributed by atoms with Crippen molar-refractivity contribution >= 4 is 22.7 Å². The van der Waals surface area contributed by atoms with Crippen molar-refractivity contribution in [2.75, 3.05) is 18.6 Å². The summed E-state index contributed by atoms with van der Waals surface area (Å²) < 4.78 is 22.3. The lowest BCUT2D eigenvalue weighted by molar-refractivity contribution is 0.0969. The number of hydrogen-bond donors (Lipinski definition) is 0. The van der Waals surface area contributed by atoms with Gasteiger partial charge in [-0.1, -0.05) is 22.9 Å². The van der Waals surface area contributed by atoms with Gasteiger partial charge in [-0.3, -0.25) is 14.5 Å². The van der Waals surface area contributed by atoms with Crippen LogP contribution in [0.3, 0.4) is 0 Å². The van der Waals surface area contributed by atoms with Crippen LogP contribution in [0.4, 0.5) is 5.82 Å². The Morgan fingerprint density at radius 3 is 2.58 bits per heavy atom. The first-order chi connectivity index (χ1) is 15.9. The second kappa shape index (κ2) is 7.81. The van der Waals surface area contributed by atoms with Crippen LogP contribution in [0.25, 0.3) is 11.0 Å². The average Bonchev–Trinajstić information content (AvgIpc) is 3.36. The third-order valence-electron chi connectivity index (χ3n) is 5.69. The summed E-state index contributed by atoms with van der Waals surface area (Å²) in [5, 5.41) is 4.46. The molecule has 168 valence electrons. The van der Waals surface area contributed by atoms with E-state index in [9.17, 15) is 9.59 Å². The summed E-state index contributed by atoms with van der Waals surface area (Å²) in [5.74, 6) is 1.43. The topological polar surface area (TPSA) is 95.0 Å². The Balaban J connectivity index is 1.79. The third-order valence-corrected chi connectivity index (χ3v) is 5.69. The number of amides is 1. The van der Waals surface area contributed by atoms with E-state index >= 15 is 0 Å². The minimum Gasteiger partial charge on any atom is -0.493 e. The maximum atomic E-state index is 13.7. The minimum absolute atomic E-state index is 0.00476. The van der Waals surface area contributed by atoms with Gasteiger partial charge in [0, 0.05) is 6.07 Å². The van der Waals surface area contributed by atoms with Crippen LogP contribution in [0.5, 0.6) is 11.5 Å². The van der Waals surface area contributed by atoms with Crippen LogP contribution >= 0.6 is 0 Å². The lowest BCUT2D eigenvalue weighted by Gasteiger charge is -2.23. The van der Waals surface area contributed by atoms with Gasteiger partial charge in [0.25, 0.3) is 5.91 Å². The fourth-order valence-electron chi connectivity index (χ4n) is 4.23. The Bertz CT molecular complexity index is 1450. The molecule has 1 unspecified atom stereocenters. The Kier molecular flexibility index (Phi) is 4.92. The van der Waals surface area contributed by atoms with E-state index in [1.807, 2.05) is 19.9 Å². The summed E-state index contributed by atoms with van der Waals surface area (Å²) in [6.45, 7) is 5.99. The van der Waals surface area contributed by atoms with E-state index in [0.29, 0.717) is 46.2 Å². The first-order valence-electron chi connectivity index (χ1n) is 10.6. The van der Waals surface area contributed by atoms with Crippen molar-refractivity contribution in [2.24, 2.45) is 0 Å². The minimum atomic E-state index is -0.775. The average molecular weight is 446 g/mol. The van der Waals surface area contributed by atoms with Crippen LogP contribution in [-0.2, 0) is 0 Å². The van der Waals surface area contributed by atoms with E-state index in [2.05, 4.69) is 5.16 Å². The number of benzene rings is 2. The molecule has 1 aliphatic rings. The summed E-state index contributed by atoms with van der Waals surface area (Å²) in [6, 6.07) is 11.5. The molecule has 4 aromatic rings. The monoisotopic (exact) mass is 446 g/mol. The molecule has 0 radical (unpaired) electrons. The molecule has 2 aromatic heterocycles. The number of rotatable bonds is 5. The van der Waals surface area contributed by atoms with Gasteiger partial charge in [-0.15, -0.1) is 0 Å². The smallest absolute Gasteiger partial charge is 0.296 e. The molecule has 1 amide bonds. The van der Waals surface area contributed by atoms with E-state index in [1.54, 1.807) is 50.4 Å². The van der Waals surface area contributed by atoms with Gasteiger partial charge in [0.15, 0.2) is 22.7 Å². The molecule has 0 bridgehead atoms. The summed E-state index contributed by atoms with van der Waals surface area (Å²) in [5.41, 5.74) is 1.93. The van der Waals surface area contributed by atoms with Crippen LogP contribution in [0.15, 0.2) is 56.2 Å². The number of carbonyl (C=O) groups excluding carboxylic acids is 1. The number of anilines is 1. The van der Waals surface area contributed by atoms with E-state index < -0.39 is 11.9 Å². The Hall–Kier alpha value is -4.07. The highest BCUT2D eigenvalue weighted by atomic mass is 16.5. The number of carbonyl (C=O) groups is 1. The summed E-state index contributed by atoms with van der Waals surface area (Å²) in [6.07, 6.45) is 0. The molecular formula is C25H22N2O6. The predicted octanol–water partition coefficient (Wildman–Crippen LogP) is 4.55. The lowest BCUT2D eigenvalue weighted by atomic mass is 9.97. The number of nitrogens with zero attached hydrogens (tertiary/aromatic N) is 2. The number of ether oxygens (including phenoxy) is 2. The number of methoxy groups -OCH3 is 1. The molecule has 0 saturated carbocycles. The van der Waals surface area contributed by atoms with Crippen LogP contribution in [0.1, 0.15) is 46.0 Å². The van der Waals surface area contributed by atoms with Crippen molar-refractivity contribution < 1.29 is 23.2 Å². The first kappa shape index (κ1) is 20.8.